The summed E-state index contributed by atoms with van der Waals surface area (Å²) in [5, 5.41) is 0. The summed E-state index contributed by atoms with van der Waals surface area (Å²) in [6.07, 6.45) is 4.91. The highest BCUT2D eigenvalue weighted by Crippen LogP contribution is 2.31. The van der Waals surface area contributed by atoms with E-state index in [1.165, 1.54) is 10.6 Å². The highest BCUT2D eigenvalue weighted by Gasteiger charge is 2.32. The van der Waals surface area contributed by atoms with Crippen molar-refractivity contribution in [3.05, 3.63) is 18.2 Å². The Morgan fingerprint density at radius 1 is 1.24 bits per heavy atom. The summed E-state index contributed by atoms with van der Waals surface area (Å²) < 4.78 is 27.7. The molecular formula is C15H29N3O2S. The second kappa shape index (κ2) is 5.72. The molecule has 0 saturated carbocycles. The van der Waals surface area contributed by atoms with Gasteiger partial charge in [0.1, 0.15) is 5.82 Å². The van der Waals surface area contributed by atoms with Gasteiger partial charge in [-0.3, -0.25) is 0 Å². The van der Waals surface area contributed by atoms with Crippen LogP contribution >= 0.6 is 0 Å². The van der Waals surface area contributed by atoms with Crippen molar-refractivity contribution in [2.24, 2.45) is 5.41 Å². The molecule has 0 aliphatic rings. The number of imidazole rings is 1. The fraction of sp³-hybridized carbons (Fsp3) is 0.800. The zero-order valence-electron chi connectivity index (χ0n) is 14.5. The van der Waals surface area contributed by atoms with Gasteiger partial charge >= 0.3 is 0 Å². The molecule has 0 unspecified atom stereocenters. The lowest BCUT2D eigenvalue weighted by atomic mass is 9.88. The van der Waals surface area contributed by atoms with Crippen molar-refractivity contribution in [1.82, 2.24) is 13.9 Å². The molecule has 1 atom stereocenters. The molecular weight excluding hydrogens is 286 g/mol. The number of nitrogens with zero attached hydrogens (tertiary/aromatic N) is 3. The quantitative estimate of drug-likeness (QED) is 0.858. The molecule has 1 aromatic rings. The summed E-state index contributed by atoms with van der Waals surface area (Å²) in [6.45, 7) is 14.6. The molecule has 122 valence electrons. The van der Waals surface area contributed by atoms with Crippen LogP contribution in [-0.4, -0.2) is 34.1 Å². The van der Waals surface area contributed by atoms with E-state index in [4.69, 9.17) is 0 Å². The summed E-state index contributed by atoms with van der Waals surface area (Å²) in [6, 6.07) is 0.233. The average Bonchev–Trinajstić information content (AvgIpc) is 2.67. The molecule has 0 N–H and O–H groups in total. The SMILES string of the molecule is C[C@H](n1ccnc1CN(C(C)(C)C)S(C)(=O)=O)C(C)(C)C. The number of rotatable bonds is 4. The van der Waals surface area contributed by atoms with Gasteiger partial charge < -0.3 is 4.57 Å². The minimum absolute atomic E-state index is 0.0765. The number of sulfonamides is 1. The Labute approximate surface area is 129 Å². The monoisotopic (exact) mass is 315 g/mol. The molecule has 1 aromatic heterocycles. The summed E-state index contributed by atoms with van der Waals surface area (Å²) in [4.78, 5) is 4.37. The van der Waals surface area contributed by atoms with Crippen LogP contribution in [0.5, 0.6) is 0 Å². The van der Waals surface area contributed by atoms with Gasteiger partial charge in [0.2, 0.25) is 10.0 Å². The van der Waals surface area contributed by atoms with Gasteiger partial charge in [-0.1, -0.05) is 20.8 Å². The first-order valence-corrected chi connectivity index (χ1v) is 9.09. The van der Waals surface area contributed by atoms with E-state index in [2.05, 4.69) is 37.2 Å². The van der Waals surface area contributed by atoms with Crippen LogP contribution in [-0.2, 0) is 16.6 Å². The lowest BCUT2D eigenvalue weighted by molar-refractivity contribution is 0.219. The first kappa shape index (κ1) is 18.2. The Kier molecular flexibility index (Phi) is 4.95. The minimum Gasteiger partial charge on any atom is -0.331 e. The van der Waals surface area contributed by atoms with Crippen molar-refractivity contribution >= 4 is 10.0 Å². The zero-order chi connectivity index (χ0) is 16.6. The van der Waals surface area contributed by atoms with E-state index in [0.29, 0.717) is 0 Å². The lowest BCUT2D eigenvalue weighted by Crippen LogP contribution is -2.45. The second-order valence-corrected chi connectivity index (χ2v) is 9.64. The van der Waals surface area contributed by atoms with Crippen molar-refractivity contribution in [2.45, 2.75) is 66.6 Å². The molecule has 0 saturated heterocycles. The van der Waals surface area contributed by atoms with Crippen LogP contribution in [0.1, 0.15) is 60.3 Å². The fourth-order valence-corrected chi connectivity index (χ4v) is 3.56. The standard InChI is InChI=1S/C15H29N3O2S/c1-12(14(2,3)4)17-10-9-16-13(17)11-18(15(5,6)7)21(8,19)20/h9-10,12H,11H2,1-8H3/t12-/m0/s1. The molecule has 0 radical (unpaired) electrons. The van der Waals surface area contributed by atoms with Gasteiger partial charge in [0, 0.05) is 24.0 Å². The van der Waals surface area contributed by atoms with E-state index >= 15 is 0 Å². The normalized spacial score (nSPS) is 15.5. The predicted octanol–water partition coefficient (Wildman–Crippen LogP) is 3.05. The van der Waals surface area contributed by atoms with Crippen molar-refractivity contribution in [1.29, 1.82) is 0 Å². The molecule has 6 heteroatoms. The number of hydrogen-bond donors (Lipinski definition) is 0. The van der Waals surface area contributed by atoms with Crippen LogP contribution in [0.15, 0.2) is 12.4 Å². The maximum Gasteiger partial charge on any atom is 0.212 e. The zero-order valence-corrected chi connectivity index (χ0v) is 15.3. The first-order valence-electron chi connectivity index (χ1n) is 7.24. The van der Waals surface area contributed by atoms with Gasteiger partial charge in [-0.05, 0) is 33.1 Å². The van der Waals surface area contributed by atoms with Crippen LogP contribution in [0.2, 0.25) is 0 Å². The Balaban J connectivity index is 3.17. The Morgan fingerprint density at radius 3 is 2.14 bits per heavy atom. The molecule has 21 heavy (non-hydrogen) atoms. The molecule has 0 aliphatic heterocycles. The third-order valence-corrected chi connectivity index (χ3v) is 5.33. The largest absolute Gasteiger partial charge is 0.331 e. The van der Waals surface area contributed by atoms with Gasteiger partial charge in [0.05, 0.1) is 12.8 Å². The van der Waals surface area contributed by atoms with Gasteiger partial charge in [0.25, 0.3) is 0 Å². The number of hydrogen-bond acceptors (Lipinski definition) is 3. The molecule has 0 amide bonds. The van der Waals surface area contributed by atoms with E-state index in [1.807, 2.05) is 27.0 Å². The first-order chi connectivity index (χ1) is 9.24. The Bertz CT molecular complexity index is 577. The molecule has 0 bridgehead atoms. The smallest absolute Gasteiger partial charge is 0.212 e. The van der Waals surface area contributed by atoms with E-state index in [0.717, 1.165) is 5.82 Å². The molecule has 0 spiro atoms. The lowest BCUT2D eigenvalue weighted by Gasteiger charge is -2.35. The molecule has 0 fully saturated rings. The van der Waals surface area contributed by atoms with E-state index < -0.39 is 15.6 Å². The molecule has 5 nitrogen and oxygen atoms in total. The van der Waals surface area contributed by atoms with Crippen molar-refractivity contribution in [3.8, 4) is 0 Å². The Hall–Kier alpha value is -0.880. The maximum atomic E-state index is 12.1. The molecule has 0 aliphatic carbocycles. The van der Waals surface area contributed by atoms with E-state index in [9.17, 15) is 8.42 Å². The summed E-state index contributed by atoms with van der Waals surface area (Å²) in [5.74, 6) is 0.776. The van der Waals surface area contributed by atoms with Gasteiger partial charge in [-0.15, -0.1) is 0 Å². The molecule has 1 heterocycles. The highest BCUT2D eigenvalue weighted by atomic mass is 32.2. The van der Waals surface area contributed by atoms with Crippen molar-refractivity contribution in [2.75, 3.05) is 6.26 Å². The molecule has 0 aromatic carbocycles. The summed E-state index contributed by atoms with van der Waals surface area (Å²) in [5.41, 5.74) is -0.400. The predicted molar refractivity (Wildman–Crippen MR) is 86.5 cm³/mol. The van der Waals surface area contributed by atoms with Gasteiger partial charge in [0.15, 0.2) is 0 Å². The fourth-order valence-electron chi connectivity index (χ4n) is 2.22. The van der Waals surface area contributed by atoms with Crippen LogP contribution < -0.4 is 0 Å². The van der Waals surface area contributed by atoms with Crippen LogP contribution in [0, 0.1) is 5.41 Å². The third-order valence-electron chi connectivity index (χ3n) is 3.85. The van der Waals surface area contributed by atoms with Crippen LogP contribution in [0.3, 0.4) is 0 Å². The number of aromatic nitrogens is 2. The van der Waals surface area contributed by atoms with Crippen LogP contribution in [0.25, 0.3) is 0 Å². The minimum atomic E-state index is -3.30. The topological polar surface area (TPSA) is 55.2 Å². The Morgan fingerprint density at radius 2 is 1.76 bits per heavy atom. The van der Waals surface area contributed by atoms with E-state index in [-0.39, 0.29) is 18.0 Å². The second-order valence-electron chi connectivity index (χ2n) is 7.73. The van der Waals surface area contributed by atoms with Gasteiger partial charge in [-0.2, -0.15) is 4.31 Å². The highest BCUT2D eigenvalue weighted by molar-refractivity contribution is 7.88. The van der Waals surface area contributed by atoms with Gasteiger partial charge in [-0.25, -0.2) is 13.4 Å². The van der Waals surface area contributed by atoms with E-state index in [1.54, 1.807) is 6.20 Å². The average molecular weight is 315 g/mol. The summed E-state index contributed by atoms with van der Waals surface area (Å²) in [7, 11) is -3.30. The summed E-state index contributed by atoms with van der Waals surface area (Å²) >= 11 is 0. The third kappa shape index (κ3) is 4.54. The van der Waals surface area contributed by atoms with Crippen molar-refractivity contribution < 1.29 is 8.42 Å². The van der Waals surface area contributed by atoms with Crippen LogP contribution in [0.4, 0.5) is 0 Å². The van der Waals surface area contributed by atoms with Crippen molar-refractivity contribution in [3.63, 3.8) is 0 Å². The maximum absolute atomic E-state index is 12.1. The molecule has 1 rings (SSSR count).